The van der Waals surface area contributed by atoms with Gasteiger partial charge in [0, 0.05) is 18.0 Å². The number of anilines is 1. The molecule has 0 saturated heterocycles. The Labute approximate surface area is 85.5 Å². The highest BCUT2D eigenvalue weighted by molar-refractivity contribution is 6.06. The lowest BCUT2D eigenvalue weighted by Crippen LogP contribution is -1.96. The Kier molecular flexibility index (Phi) is 2.00. The van der Waals surface area contributed by atoms with Crippen molar-refractivity contribution in [3.8, 4) is 5.75 Å². The van der Waals surface area contributed by atoms with Crippen molar-refractivity contribution in [2.45, 2.75) is 0 Å². The summed E-state index contributed by atoms with van der Waals surface area (Å²) in [5.41, 5.74) is 7.00. The number of rotatable bonds is 2. The number of carboxylic acids is 1. The van der Waals surface area contributed by atoms with Gasteiger partial charge in [-0.1, -0.05) is 0 Å². The standard InChI is InChI=1S/C10H10N2O3/c1-15-8-3-5(11)2-7-9(8)6(4-12-7)10(13)14/h2-4,12H,11H2,1H3,(H,13,14). The molecule has 0 aliphatic heterocycles. The normalized spacial score (nSPS) is 10.5. The Bertz CT molecular complexity index is 531. The fraction of sp³-hybridized carbons (Fsp3) is 0.100. The first-order chi connectivity index (χ1) is 7.13. The van der Waals surface area contributed by atoms with Crippen LogP contribution in [0.25, 0.3) is 10.9 Å². The average Bonchev–Trinajstić information content (AvgIpc) is 2.59. The van der Waals surface area contributed by atoms with Gasteiger partial charge >= 0.3 is 5.97 Å². The topological polar surface area (TPSA) is 88.3 Å². The molecule has 0 atom stereocenters. The number of aromatic carboxylic acids is 1. The number of benzene rings is 1. The lowest BCUT2D eigenvalue weighted by molar-refractivity contribution is 0.0699. The Morgan fingerprint density at radius 3 is 2.87 bits per heavy atom. The van der Waals surface area contributed by atoms with Crippen molar-refractivity contribution in [1.29, 1.82) is 0 Å². The minimum atomic E-state index is -0.996. The number of hydrogen-bond acceptors (Lipinski definition) is 3. The number of fused-ring (bicyclic) bond motifs is 1. The summed E-state index contributed by atoms with van der Waals surface area (Å²) in [7, 11) is 1.48. The van der Waals surface area contributed by atoms with Crippen molar-refractivity contribution in [1.82, 2.24) is 4.98 Å². The van der Waals surface area contributed by atoms with Crippen molar-refractivity contribution in [2.24, 2.45) is 0 Å². The van der Waals surface area contributed by atoms with Crippen LogP contribution in [-0.4, -0.2) is 23.2 Å². The van der Waals surface area contributed by atoms with Gasteiger partial charge in [-0.3, -0.25) is 0 Å². The first-order valence-electron chi connectivity index (χ1n) is 4.31. The van der Waals surface area contributed by atoms with Gasteiger partial charge in [-0.05, 0) is 6.07 Å². The van der Waals surface area contributed by atoms with Crippen molar-refractivity contribution in [3.05, 3.63) is 23.9 Å². The van der Waals surface area contributed by atoms with E-state index in [4.69, 9.17) is 15.6 Å². The Hall–Kier alpha value is -2.17. The molecular formula is C10H10N2O3. The predicted octanol–water partition coefficient (Wildman–Crippen LogP) is 1.46. The van der Waals surface area contributed by atoms with E-state index in [0.29, 0.717) is 22.3 Å². The van der Waals surface area contributed by atoms with Gasteiger partial charge < -0.3 is 20.6 Å². The fourth-order valence-electron chi connectivity index (χ4n) is 1.58. The van der Waals surface area contributed by atoms with E-state index in [1.54, 1.807) is 12.1 Å². The van der Waals surface area contributed by atoms with E-state index >= 15 is 0 Å². The van der Waals surface area contributed by atoms with Gasteiger partial charge in [0.25, 0.3) is 0 Å². The predicted molar refractivity (Wildman–Crippen MR) is 56.2 cm³/mol. The summed E-state index contributed by atoms with van der Waals surface area (Å²) >= 11 is 0. The molecule has 0 aliphatic carbocycles. The van der Waals surface area contributed by atoms with Gasteiger partial charge in [-0.25, -0.2) is 4.79 Å². The van der Waals surface area contributed by atoms with E-state index in [1.807, 2.05) is 0 Å². The molecule has 15 heavy (non-hydrogen) atoms. The molecule has 0 amide bonds. The van der Waals surface area contributed by atoms with E-state index in [9.17, 15) is 4.79 Å². The second kappa shape index (κ2) is 3.20. The summed E-state index contributed by atoms with van der Waals surface area (Å²) in [6.07, 6.45) is 1.43. The number of carbonyl (C=O) groups is 1. The number of aromatic amines is 1. The average molecular weight is 206 g/mol. The summed E-state index contributed by atoms with van der Waals surface area (Å²) in [4.78, 5) is 13.8. The first kappa shape index (κ1) is 9.39. The third kappa shape index (κ3) is 1.38. The van der Waals surface area contributed by atoms with Gasteiger partial charge in [-0.15, -0.1) is 0 Å². The number of carboxylic acid groups (broad SMARTS) is 1. The smallest absolute Gasteiger partial charge is 0.338 e. The van der Waals surface area contributed by atoms with E-state index in [1.165, 1.54) is 13.3 Å². The molecule has 2 aromatic rings. The lowest BCUT2D eigenvalue weighted by Gasteiger charge is -2.04. The number of nitrogens with two attached hydrogens (primary N) is 1. The zero-order valence-corrected chi connectivity index (χ0v) is 8.07. The SMILES string of the molecule is COc1cc(N)cc2[nH]cc(C(=O)O)c12. The van der Waals surface area contributed by atoms with Crippen LogP contribution in [0.1, 0.15) is 10.4 Å². The summed E-state index contributed by atoms with van der Waals surface area (Å²) < 4.78 is 5.09. The summed E-state index contributed by atoms with van der Waals surface area (Å²) in [5, 5.41) is 9.50. The Morgan fingerprint density at radius 2 is 2.27 bits per heavy atom. The van der Waals surface area contributed by atoms with Crippen molar-refractivity contribution >= 4 is 22.6 Å². The molecule has 0 aliphatic rings. The molecule has 78 valence electrons. The Morgan fingerprint density at radius 1 is 1.53 bits per heavy atom. The molecule has 1 aromatic carbocycles. The number of hydrogen-bond donors (Lipinski definition) is 3. The van der Waals surface area contributed by atoms with Crippen LogP contribution in [-0.2, 0) is 0 Å². The third-order valence-corrected chi connectivity index (χ3v) is 2.22. The molecule has 0 fully saturated rings. The van der Waals surface area contributed by atoms with Crippen LogP contribution >= 0.6 is 0 Å². The molecule has 0 unspecified atom stereocenters. The second-order valence-corrected chi connectivity index (χ2v) is 3.15. The highest BCUT2D eigenvalue weighted by Crippen LogP contribution is 2.31. The number of methoxy groups -OCH3 is 1. The molecule has 5 nitrogen and oxygen atoms in total. The number of ether oxygens (including phenoxy) is 1. The van der Waals surface area contributed by atoms with Gasteiger partial charge in [0.1, 0.15) is 5.75 Å². The van der Waals surface area contributed by atoms with Gasteiger partial charge in [0.15, 0.2) is 0 Å². The minimum absolute atomic E-state index is 0.182. The molecule has 0 radical (unpaired) electrons. The van der Waals surface area contributed by atoms with Crippen LogP contribution in [0.3, 0.4) is 0 Å². The zero-order chi connectivity index (χ0) is 11.0. The third-order valence-electron chi connectivity index (χ3n) is 2.22. The number of aromatic nitrogens is 1. The van der Waals surface area contributed by atoms with Gasteiger partial charge in [-0.2, -0.15) is 0 Å². The number of nitrogen functional groups attached to an aromatic ring is 1. The maximum atomic E-state index is 10.9. The van der Waals surface area contributed by atoms with Crippen molar-refractivity contribution in [2.75, 3.05) is 12.8 Å². The fourth-order valence-corrected chi connectivity index (χ4v) is 1.58. The number of H-pyrrole nitrogens is 1. The molecule has 5 heteroatoms. The van der Waals surface area contributed by atoms with E-state index in [0.717, 1.165) is 0 Å². The molecule has 0 saturated carbocycles. The monoisotopic (exact) mass is 206 g/mol. The Balaban J connectivity index is 2.83. The highest BCUT2D eigenvalue weighted by atomic mass is 16.5. The molecule has 0 spiro atoms. The van der Waals surface area contributed by atoms with E-state index in [-0.39, 0.29) is 5.56 Å². The summed E-state index contributed by atoms with van der Waals surface area (Å²) in [6, 6.07) is 3.27. The van der Waals surface area contributed by atoms with Crippen LogP contribution in [0.5, 0.6) is 5.75 Å². The molecular weight excluding hydrogens is 196 g/mol. The maximum absolute atomic E-state index is 10.9. The molecule has 2 rings (SSSR count). The highest BCUT2D eigenvalue weighted by Gasteiger charge is 2.15. The van der Waals surface area contributed by atoms with Crippen LogP contribution in [0.15, 0.2) is 18.3 Å². The molecule has 1 aromatic heterocycles. The van der Waals surface area contributed by atoms with Crippen LogP contribution in [0, 0.1) is 0 Å². The van der Waals surface area contributed by atoms with Crippen molar-refractivity contribution < 1.29 is 14.6 Å². The molecule has 4 N–H and O–H groups in total. The van der Waals surface area contributed by atoms with E-state index in [2.05, 4.69) is 4.98 Å². The van der Waals surface area contributed by atoms with Crippen LogP contribution in [0.4, 0.5) is 5.69 Å². The van der Waals surface area contributed by atoms with Crippen molar-refractivity contribution in [3.63, 3.8) is 0 Å². The largest absolute Gasteiger partial charge is 0.496 e. The number of nitrogens with one attached hydrogen (secondary N) is 1. The molecule has 1 heterocycles. The quantitative estimate of drug-likeness (QED) is 0.649. The lowest BCUT2D eigenvalue weighted by atomic mass is 10.1. The summed E-state index contributed by atoms with van der Waals surface area (Å²) in [5.74, 6) is -0.534. The van der Waals surface area contributed by atoms with Gasteiger partial charge in [0.2, 0.25) is 0 Å². The maximum Gasteiger partial charge on any atom is 0.338 e. The van der Waals surface area contributed by atoms with E-state index < -0.39 is 5.97 Å². The second-order valence-electron chi connectivity index (χ2n) is 3.15. The first-order valence-corrected chi connectivity index (χ1v) is 4.31. The van der Waals surface area contributed by atoms with Gasteiger partial charge in [0.05, 0.1) is 23.6 Å². The minimum Gasteiger partial charge on any atom is -0.496 e. The van der Waals surface area contributed by atoms with Crippen LogP contribution in [0.2, 0.25) is 0 Å². The molecule has 0 bridgehead atoms. The zero-order valence-electron chi connectivity index (χ0n) is 8.07. The van der Waals surface area contributed by atoms with Crippen LogP contribution < -0.4 is 10.5 Å². The summed E-state index contributed by atoms with van der Waals surface area (Å²) in [6.45, 7) is 0.